The first-order valence-corrected chi connectivity index (χ1v) is 7.33. The van der Waals surface area contributed by atoms with Crippen molar-refractivity contribution in [2.45, 2.75) is 32.1 Å². The molecule has 0 bridgehead atoms. The van der Waals surface area contributed by atoms with Gasteiger partial charge in [0.15, 0.2) is 11.6 Å². The van der Waals surface area contributed by atoms with Gasteiger partial charge in [-0.1, -0.05) is 18.2 Å². The van der Waals surface area contributed by atoms with Crippen molar-refractivity contribution < 1.29 is 9.59 Å². The first-order chi connectivity index (χ1) is 10.2. The lowest BCUT2D eigenvalue weighted by Gasteiger charge is -2.04. The van der Waals surface area contributed by atoms with Crippen LogP contribution in [0.3, 0.4) is 0 Å². The summed E-state index contributed by atoms with van der Waals surface area (Å²) in [5.41, 5.74) is 3.80. The van der Waals surface area contributed by atoms with Gasteiger partial charge in [-0.3, -0.25) is 14.6 Å². The molecule has 106 valence electrons. The Morgan fingerprint density at radius 1 is 0.952 bits per heavy atom. The van der Waals surface area contributed by atoms with Gasteiger partial charge in [0.1, 0.15) is 5.69 Å². The van der Waals surface area contributed by atoms with Crippen LogP contribution < -0.4 is 0 Å². The largest absolute Gasteiger partial charge is 0.294 e. The molecular formula is C18H17NO2. The summed E-state index contributed by atoms with van der Waals surface area (Å²) in [6.07, 6.45) is 5.40. The molecule has 1 aromatic carbocycles. The van der Waals surface area contributed by atoms with Crippen LogP contribution in [-0.4, -0.2) is 16.6 Å². The standard InChI is InChI=1S/C18H17NO2/c20-17(9-10-18(21)16-6-1-2-11-19-16)15-8-7-13-4-3-5-14(13)12-15/h1-2,6-8,11-12H,3-5,9-10H2. The van der Waals surface area contributed by atoms with E-state index < -0.39 is 0 Å². The second-order valence-corrected chi connectivity index (χ2v) is 5.40. The monoisotopic (exact) mass is 279 g/mol. The molecule has 0 unspecified atom stereocenters. The van der Waals surface area contributed by atoms with Crippen LogP contribution in [0.25, 0.3) is 0 Å². The summed E-state index contributed by atoms with van der Waals surface area (Å²) in [6, 6.07) is 11.2. The Balaban J connectivity index is 1.63. The highest BCUT2D eigenvalue weighted by atomic mass is 16.1. The smallest absolute Gasteiger partial charge is 0.181 e. The fraction of sp³-hybridized carbons (Fsp3) is 0.278. The Bertz CT molecular complexity index is 677. The van der Waals surface area contributed by atoms with Gasteiger partial charge < -0.3 is 0 Å². The second-order valence-electron chi connectivity index (χ2n) is 5.40. The Labute approximate surface area is 124 Å². The second kappa shape index (κ2) is 6.00. The molecule has 0 saturated heterocycles. The van der Waals surface area contributed by atoms with Gasteiger partial charge in [-0.15, -0.1) is 0 Å². The average Bonchev–Trinajstić information content (AvgIpc) is 3.00. The number of carbonyl (C=O) groups is 2. The molecule has 1 aromatic heterocycles. The van der Waals surface area contributed by atoms with E-state index in [4.69, 9.17) is 0 Å². The highest BCUT2D eigenvalue weighted by molar-refractivity contribution is 6.01. The van der Waals surface area contributed by atoms with Crippen molar-refractivity contribution in [2.24, 2.45) is 0 Å². The predicted molar refractivity (Wildman–Crippen MR) is 80.6 cm³/mol. The molecule has 2 aromatic rings. The van der Waals surface area contributed by atoms with Crippen LogP contribution in [0, 0.1) is 0 Å². The van der Waals surface area contributed by atoms with Crippen molar-refractivity contribution in [3.63, 3.8) is 0 Å². The van der Waals surface area contributed by atoms with Gasteiger partial charge in [0.2, 0.25) is 0 Å². The van der Waals surface area contributed by atoms with Crippen LogP contribution in [0.5, 0.6) is 0 Å². The number of fused-ring (bicyclic) bond motifs is 1. The maximum Gasteiger partial charge on any atom is 0.181 e. The van der Waals surface area contributed by atoms with Gasteiger partial charge in [0.05, 0.1) is 0 Å². The first kappa shape index (κ1) is 13.7. The number of pyridine rings is 1. The van der Waals surface area contributed by atoms with Crippen molar-refractivity contribution in [1.29, 1.82) is 0 Å². The number of aromatic nitrogens is 1. The number of aryl methyl sites for hydroxylation is 2. The van der Waals surface area contributed by atoms with Crippen molar-refractivity contribution in [3.05, 3.63) is 65.0 Å². The summed E-state index contributed by atoms with van der Waals surface area (Å²) >= 11 is 0. The molecule has 21 heavy (non-hydrogen) atoms. The van der Waals surface area contributed by atoms with E-state index >= 15 is 0 Å². The molecule has 1 aliphatic rings. The molecule has 0 amide bonds. The maximum absolute atomic E-state index is 12.2. The lowest BCUT2D eigenvalue weighted by molar-refractivity contribution is 0.0915. The number of benzene rings is 1. The van der Waals surface area contributed by atoms with Crippen LogP contribution in [0.1, 0.15) is 51.2 Å². The molecule has 0 radical (unpaired) electrons. The third-order valence-electron chi connectivity index (χ3n) is 3.95. The maximum atomic E-state index is 12.2. The molecule has 0 spiro atoms. The number of rotatable bonds is 5. The van der Waals surface area contributed by atoms with E-state index in [0.29, 0.717) is 5.69 Å². The van der Waals surface area contributed by atoms with E-state index in [1.807, 2.05) is 12.1 Å². The topological polar surface area (TPSA) is 47.0 Å². The molecule has 1 aliphatic carbocycles. The normalized spacial score (nSPS) is 13.0. The van der Waals surface area contributed by atoms with Gasteiger partial charge in [0.25, 0.3) is 0 Å². The number of hydrogen-bond acceptors (Lipinski definition) is 3. The zero-order chi connectivity index (χ0) is 14.7. The highest BCUT2D eigenvalue weighted by Gasteiger charge is 2.15. The predicted octanol–water partition coefficient (Wildman–Crippen LogP) is 3.42. The summed E-state index contributed by atoms with van der Waals surface area (Å²) in [5.74, 6) is -0.0425. The lowest BCUT2D eigenvalue weighted by atomic mass is 10.00. The minimum absolute atomic E-state index is 0.0361. The minimum Gasteiger partial charge on any atom is -0.294 e. The molecule has 3 rings (SSSR count). The number of ketones is 2. The SMILES string of the molecule is O=C(CCC(=O)c1ccccn1)c1ccc2c(c1)CCC2. The summed E-state index contributed by atoms with van der Waals surface area (Å²) in [4.78, 5) is 28.2. The molecule has 0 aliphatic heterocycles. The van der Waals surface area contributed by atoms with E-state index in [1.165, 1.54) is 17.5 Å². The van der Waals surface area contributed by atoms with Crippen LogP contribution in [0.4, 0.5) is 0 Å². The van der Waals surface area contributed by atoms with Crippen molar-refractivity contribution in [1.82, 2.24) is 4.98 Å². The van der Waals surface area contributed by atoms with E-state index in [1.54, 1.807) is 24.4 Å². The third kappa shape index (κ3) is 3.07. The van der Waals surface area contributed by atoms with Crippen LogP contribution >= 0.6 is 0 Å². The van der Waals surface area contributed by atoms with Gasteiger partial charge in [-0.2, -0.15) is 0 Å². The Morgan fingerprint density at radius 3 is 2.57 bits per heavy atom. The quantitative estimate of drug-likeness (QED) is 0.788. The minimum atomic E-state index is -0.0786. The molecule has 0 fully saturated rings. The molecule has 3 nitrogen and oxygen atoms in total. The zero-order valence-electron chi connectivity index (χ0n) is 11.8. The number of nitrogens with zero attached hydrogens (tertiary/aromatic N) is 1. The number of hydrogen-bond donors (Lipinski definition) is 0. The summed E-state index contributed by atoms with van der Waals surface area (Å²) < 4.78 is 0. The summed E-state index contributed by atoms with van der Waals surface area (Å²) in [7, 11) is 0. The van der Waals surface area contributed by atoms with Crippen LogP contribution in [0.15, 0.2) is 42.6 Å². The van der Waals surface area contributed by atoms with Gasteiger partial charge in [-0.05, 0) is 48.6 Å². The van der Waals surface area contributed by atoms with Crippen molar-refractivity contribution in [2.75, 3.05) is 0 Å². The van der Waals surface area contributed by atoms with Crippen molar-refractivity contribution >= 4 is 11.6 Å². The molecule has 0 saturated carbocycles. The van der Waals surface area contributed by atoms with Crippen LogP contribution in [0.2, 0.25) is 0 Å². The summed E-state index contributed by atoms with van der Waals surface area (Å²) in [6.45, 7) is 0. The molecule has 3 heteroatoms. The molecule has 1 heterocycles. The Hall–Kier alpha value is -2.29. The third-order valence-corrected chi connectivity index (χ3v) is 3.95. The molecular weight excluding hydrogens is 262 g/mol. The summed E-state index contributed by atoms with van der Waals surface area (Å²) in [5, 5.41) is 0. The zero-order valence-corrected chi connectivity index (χ0v) is 11.8. The van der Waals surface area contributed by atoms with E-state index in [9.17, 15) is 9.59 Å². The fourth-order valence-electron chi connectivity index (χ4n) is 2.77. The lowest BCUT2D eigenvalue weighted by Crippen LogP contribution is -2.07. The van der Waals surface area contributed by atoms with Crippen LogP contribution in [-0.2, 0) is 12.8 Å². The highest BCUT2D eigenvalue weighted by Crippen LogP contribution is 2.23. The molecule has 0 atom stereocenters. The van der Waals surface area contributed by atoms with Gasteiger partial charge in [0, 0.05) is 24.6 Å². The van der Waals surface area contributed by atoms with Gasteiger partial charge >= 0.3 is 0 Å². The van der Waals surface area contributed by atoms with E-state index in [-0.39, 0.29) is 24.4 Å². The Morgan fingerprint density at radius 2 is 1.76 bits per heavy atom. The van der Waals surface area contributed by atoms with Crippen molar-refractivity contribution in [3.8, 4) is 0 Å². The van der Waals surface area contributed by atoms with E-state index in [0.717, 1.165) is 18.4 Å². The number of carbonyl (C=O) groups excluding carboxylic acids is 2. The fourth-order valence-corrected chi connectivity index (χ4v) is 2.77. The van der Waals surface area contributed by atoms with E-state index in [2.05, 4.69) is 11.1 Å². The first-order valence-electron chi connectivity index (χ1n) is 7.33. The average molecular weight is 279 g/mol. The number of Topliss-reactive ketones (excluding diaryl/α,β-unsaturated/α-hetero) is 2. The molecule has 0 N–H and O–H groups in total. The Kier molecular flexibility index (Phi) is 3.91. The van der Waals surface area contributed by atoms with Gasteiger partial charge in [-0.25, -0.2) is 0 Å².